The van der Waals surface area contributed by atoms with Crippen LogP contribution in [-0.4, -0.2) is 28.6 Å². The van der Waals surface area contributed by atoms with E-state index in [0.717, 1.165) is 31.7 Å². The molecular weight excluding hydrogens is 212 g/mol. The lowest BCUT2D eigenvalue weighted by Crippen LogP contribution is -2.48. The molecule has 2 N–H and O–H groups in total. The average molecular weight is 227 g/mol. The van der Waals surface area contributed by atoms with Gasteiger partial charge in [0.15, 0.2) is 0 Å². The first-order valence-corrected chi connectivity index (χ1v) is 5.46. The summed E-state index contributed by atoms with van der Waals surface area (Å²) < 4.78 is 0. The van der Waals surface area contributed by atoms with Gasteiger partial charge in [-0.05, 0) is 19.8 Å². The van der Waals surface area contributed by atoms with Crippen LogP contribution >= 0.6 is 11.6 Å². The Morgan fingerprint density at radius 3 is 2.53 bits per heavy atom. The third kappa shape index (κ3) is 2.58. The maximum atomic E-state index is 6.06. The van der Waals surface area contributed by atoms with Crippen LogP contribution in [0.1, 0.15) is 19.8 Å². The maximum absolute atomic E-state index is 6.06. The summed E-state index contributed by atoms with van der Waals surface area (Å²) in [4.78, 5) is 10.5. The van der Waals surface area contributed by atoms with E-state index in [1.807, 2.05) is 0 Å². The smallest absolute Gasteiger partial charge is 0.147 e. The average Bonchev–Trinajstić information content (AvgIpc) is 2.20. The number of piperidine rings is 1. The van der Waals surface area contributed by atoms with E-state index in [4.69, 9.17) is 17.3 Å². The van der Waals surface area contributed by atoms with Gasteiger partial charge in [0.2, 0.25) is 0 Å². The molecule has 0 radical (unpaired) electrons. The van der Waals surface area contributed by atoms with Gasteiger partial charge in [-0.3, -0.25) is 0 Å². The Hall–Kier alpha value is -0.870. The molecule has 0 aliphatic carbocycles. The molecule has 0 aromatic carbocycles. The summed E-state index contributed by atoms with van der Waals surface area (Å²) in [5.41, 5.74) is 6.03. The monoisotopic (exact) mass is 226 g/mol. The highest BCUT2D eigenvalue weighted by Crippen LogP contribution is 2.22. The third-order valence-electron chi connectivity index (χ3n) is 2.84. The minimum Gasteiger partial charge on any atom is -0.355 e. The Balaban J connectivity index is 2.04. The van der Waals surface area contributed by atoms with Crippen molar-refractivity contribution in [1.29, 1.82) is 0 Å². The van der Waals surface area contributed by atoms with Crippen molar-refractivity contribution in [3.8, 4) is 0 Å². The molecule has 15 heavy (non-hydrogen) atoms. The van der Waals surface area contributed by atoms with Gasteiger partial charge in [0.25, 0.3) is 0 Å². The molecule has 0 bridgehead atoms. The second-order valence-electron chi connectivity index (χ2n) is 4.34. The number of anilines is 1. The second kappa shape index (κ2) is 3.94. The topological polar surface area (TPSA) is 55.0 Å². The van der Waals surface area contributed by atoms with E-state index in [9.17, 15) is 0 Å². The SMILES string of the molecule is CC1(N)CCN(c2cnc(Cl)cn2)CC1. The van der Waals surface area contributed by atoms with Crippen LogP contribution in [0, 0.1) is 0 Å². The van der Waals surface area contributed by atoms with E-state index in [0.29, 0.717) is 5.15 Å². The molecule has 1 aromatic heterocycles. The van der Waals surface area contributed by atoms with Crippen molar-refractivity contribution in [1.82, 2.24) is 9.97 Å². The first-order chi connectivity index (χ1) is 7.07. The predicted molar refractivity (Wildman–Crippen MR) is 61.1 cm³/mol. The lowest BCUT2D eigenvalue weighted by Gasteiger charge is -2.37. The molecule has 0 saturated carbocycles. The zero-order valence-corrected chi connectivity index (χ0v) is 9.54. The van der Waals surface area contributed by atoms with Gasteiger partial charge in [-0.25, -0.2) is 9.97 Å². The molecule has 1 fully saturated rings. The minimum atomic E-state index is -0.0314. The number of rotatable bonds is 1. The van der Waals surface area contributed by atoms with E-state index < -0.39 is 0 Å². The molecular formula is C10H15ClN4. The summed E-state index contributed by atoms with van der Waals surface area (Å²) in [7, 11) is 0. The Kier molecular flexibility index (Phi) is 2.80. The van der Waals surface area contributed by atoms with Crippen LogP contribution in [0.2, 0.25) is 5.15 Å². The van der Waals surface area contributed by atoms with Crippen LogP contribution in [-0.2, 0) is 0 Å². The zero-order valence-electron chi connectivity index (χ0n) is 8.78. The van der Waals surface area contributed by atoms with Gasteiger partial charge in [0.05, 0.1) is 12.4 Å². The molecule has 0 amide bonds. The van der Waals surface area contributed by atoms with Crippen molar-refractivity contribution in [3.63, 3.8) is 0 Å². The zero-order chi connectivity index (χ0) is 10.9. The number of nitrogens with zero attached hydrogens (tertiary/aromatic N) is 3. The van der Waals surface area contributed by atoms with E-state index in [2.05, 4.69) is 21.8 Å². The van der Waals surface area contributed by atoms with Crippen LogP contribution in [0.5, 0.6) is 0 Å². The van der Waals surface area contributed by atoms with Gasteiger partial charge < -0.3 is 10.6 Å². The van der Waals surface area contributed by atoms with Gasteiger partial charge in [-0.2, -0.15) is 0 Å². The van der Waals surface area contributed by atoms with Crippen molar-refractivity contribution in [2.24, 2.45) is 5.73 Å². The lowest BCUT2D eigenvalue weighted by atomic mass is 9.91. The molecule has 0 atom stereocenters. The lowest BCUT2D eigenvalue weighted by molar-refractivity contribution is 0.363. The van der Waals surface area contributed by atoms with Gasteiger partial charge >= 0.3 is 0 Å². The maximum Gasteiger partial charge on any atom is 0.147 e. The highest BCUT2D eigenvalue weighted by atomic mass is 35.5. The first kappa shape index (κ1) is 10.6. The molecule has 0 unspecified atom stereocenters. The van der Waals surface area contributed by atoms with Crippen molar-refractivity contribution >= 4 is 17.4 Å². The molecule has 5 heteroatoms. The Morgan fingerprint density at radius 2 is 2.00 bits per heavy atom. The van der Waals surface area contributed by atoms with E-state index in [-0.39, 0.29) is 5.54 Å². The van der Waals surface area contributed by atoms with Crippen LogP contribution in [0.15, 0.2) is 12.4 Å². The van der Waals surface area contributed by atoms with Gasteiger partial charge in [-0.1, -0.05) is 11.6 Å². The number of hydrogen-bond donors (Lipinski definition) is 1. The summed E-state index contributed by atoms with van der Waals surface area (Å²) >= 11 is 5.68. The van der Waals surface area contributed by atoms with Crippen LogP contribution in [0.4, 0.5) is 5.82 Å². The molecule has 1 aromatic rings. The summed E-state index contributed by atoms with van der Waals surface area (Å²) in [6.45, 7) is 3.96. The van der Waals surface area contributed by atoms with Crippen LogP contribution in [0.25, 0.3) is 0 Å². The second-order valence-corrected chi connectivity index (χ2v) is 4.73. The highest BCUT2D eigenvalue weighted by molar-refractivity contribution is 6.29. The van der Waals surface area contributed by atoms with E-state index in [1.165, 1.54) is 0 Å². The number of hydrogen-bond acceptors (Lipinski definition) is 4. The fourth-order valence-corrected chi connectivity index (χ4v) is 1.81. The highest BCUT2D eigenvalue weighted by Gasteiger charge is 2.26. The molecule has 4 nitrogen and oxygen atoms in total. The van der Waals surface area contributed by atoms with Gasteiger partial charge in [0.1, 0.15) is 11.0 Å². The van der Waals surface area contributed by atoms with Crippen molar-refractivity contribution in [2.45, 2.75) is 25.3 Å². The van der Waals surface area contributed by atoms with Crippen LogP contribution < -0.4 is 10.6 Å². The number of aromatic nitrogens is 2. The molecule has 1 aliphatic rings. The molecule has 0 spiro atoms. The standard InChI is InChI=1S/C10H15ClN4/c1-10(12)2-4-15(5-3-10)9-7-13-8(11)6-14-9/h6-7H,2-5,12H2,1H3. The Bertz CT molecular complexity index is 326. The van der Waals surface area contributed by atoms with E-state index in [1.54, 1.807) is 12.4 Å². The normalized spacial score (nSPS) is 20.3. The minimum absolute atomic E-state index is 0.0314. The summed E-state index contributed by atoms with van der Waals surface area (Å²) in [6, 6.07) is 0. The van der Waals surface area contributed by atoms with Gasteiger partial charge in [0, 0.05) is 18.6 Å². The van der Waals surface area contributed by atoms with E-state index >= 15 is 0 Å². The molecule has 82 valence electrons. The third-order valence-corrected chi connectivity index (χ3v) is 3.03. The first-order valence-electron chi connectivity index (χ1n) is 5.08. The van der Waals surface area contributed by atoms with Crippen molar-refractivity contribution in [3.05, 3.63) is 17.5 Å². The fourth-order valence-electron chi connectivity index (χ4n) is 1.72. The molecule has 1 saturated heterocycles. The summed E-state index contributed by atoms with van der Waals surface area (Å²) in [5.74, 6) is 0.884. The van der Waals surface area contributed by atoms with Crippen molar-refractivity contribution < 1.29 is 0 Å². The quantitative estimate of drug-likeness (QED) is 0.788. The van der Waals surface area contributed by atoms with Gasteiger partial charge in [-0.15, -0.1) is 0 Å². The molecule has 2 heterocycles. The fraction of sp³-hybridized carbons (Fsp3) is 0.600. The Morgan fingerprint density at radius 1 is 1.33 bits per heavy atom. The molecule has 1 aliphatic heterocycles. The number of halogens is 1. The summed E-state index contributed by atoms with van der Waals surface area (Å²) in [5, 5.41) is 0.430. The summed E-state index contributed by atoms with van der Waals surface area (Å²) in [6.07, 6.45) is 5.25. The van der Waals surface area contributed by atoms with Crippen LogP contribution in [0.3, 0.4) is 0 Å². The Labute approximate surface area is 94.5 Å². The van der Waals surface area contributed by atoms with Crippen molar-refractivity contribution in [2.75, 3.05) is 18.0 Å². The largest absolute Gasteiger partial charge is 0.355 e. The molecule has 2 rings (SSSR count). The predicted octanol–water partition coefficient (Wildman–Crippen LogP) is 1.45. The number of nitrogens with two attached hydrogens (primary N) is 1.